The van der Waals surface area contributed by atoms with Gasteiger partial charge >= 0.3 is 5.69 Å². The van der Waals surface area contributed by atoms with Gasteiger partial charge in [0, 0.05) is 86.0 Å². The molecule has 1 N–H and O–H groups in total. The molecule has 0 aliphatic carbocycles. The maximum absolute atomic E-state index is 12.5. The lowest BCUT2D eigenvalue weighted by Gasteiger charge is -2.08. The molecule has 0 radical (unpaired) electrons. The number of hydrogen-bond donors (Lipinski definition) is 1. The number of nitrogens with one attached hydrogen (secondary N) is 1. The van der Waals surface area contributed by atoms with Crippen LogP contribution in [-0.4, -0.2) is 65.5 Å². The number of carbonyl (C=O) groups is 2. The van der Waals surface area contributed by atoms with E-state index < -0.39 is 17.2 Å². The lowest BCUT2D eigenvalue weighted by Crippen LogP contribution is -2.37. The summed E-state index contributed by atoms with van der Waals surface area (Å²) in [6.07, 6.45) is 12.2. The number of aryl methyl sites for hydroxylation is 3. The topological polar surface area (TPSA) is 198 Å². The van der Waals surface area contributed by atoms with Gasteiger partial charge in [0.05, 0.1) is 29.6 Å². The molecule has 7 heterocycles. The Morgan fingerprint density at radius 1 is 0.695 bits per heavy atom. The third-order valence-corrected chi connectivity index (χ3v) is 9.30. The number of benzene rings is 1. The lowest BCUT2D eigenvalue weighted by molar-refractivity contribution is -0.118. The number of rotatable bonds is 10. The molecular weight excluding hydrogens is 749 g/mol. The number of Topliss-reactive ketones (excluding diaryl/α,β-unsaturated/α-hetero) is 1. The van der Waals surface area contributed by atoms with Crippen LogP contribution in [0.3, 0.4) is 0 Å². The van der Waals surface area contributed by atoms with Gasteiger partial charge in [0.2, 0.25) is 5.91 Å². The van der Waals surface area contributed by atoms with Crippen LogP contribution in [0.25, 0.3) is 44.9 Å². The Balaban J connectivity index is 0.000000179. The molecule has 7 aromatic heterocycles. The van der Waals surface area contributed by atoms with Crippen molar-refractivity contribution in [3.63, 3.8) is 0 Å². The number of aromatic nitrogens is 11. The van der Waals surface area contributed by atoms with Gasteiger partial charge in [-0.15, -0.1) is 10.2 Å². The van der Waals surface area contributed by atoms with Crippen molar-refractivity contribution in [1.29, 1.82) is 0 Å². The third kappa shape index (κ3) is 9.23. The minimum Gasteiger partial charge on any atom is -0.315 e. The van der Waals surface area contributed by atoms with E-state index in [0.29, 0.717) is 17.9 Å². The van der Waals surface area contributed by atoms with Crippen LogP contribution >= 0.6 is 0 Å². The van der Waals surface area contributed by atoms with Gasteiger partial charge in [-0.25, -0.2) is 9.78 Å². The van der Waals surface area contributed by atoms with Crippen molar-refractivity contribution in [3.8, 4) is 33.8 Å². The Kier molecular flexibility index (Phi) is 11.7. The first-order chi connectivity index (χ1) is 28.5. The Labute approximate surface area is 337 Å². The van der Waals surface area contributed by atoms with Gasteiger partial charge in [-0.2, -0.15) is 0 Å². The average Bonchev–Trinajstić information content (AvgIpc) is 3.67. The second-order valence-corrected chi connectivity index (χ2v) is 13.7. The smallest absolute Gasteiger partial charge is 0.315 e. The first-order valence-electron chi connectivity index (χ1n) is 18.5. The number of pyridine rings is 3. The maximum Gasteiger partial charge on any atom is 0.332 e. The number of fused-ring (bicyclic) bond motifs is 1. The number of imidazole rings is 1. The summed E-state index contributed by atoms with van der Waals surface area (Å²) in [5, 5.41) is 10.8. The van der Waals surface area contributed by atoms with E-state index in [1.807, 2.05) is 74.5 Å². The molecule has 59 heavy (non-hydrogen) atoms. The predicted octanol–water partition coefficient (Wildman–Crippen LogP) is 4.50. The number of ketones is 1. The standard InChI is InChI=1S/C24H21N5O.C19H17N7O3/c1-16-9-18(13-29-24(16)19-5-6-26-17(2)10-19)11-22(30)12-21-4-3-20(14-28-21)23-15-25-7-8-27-23;1-24-17-16(18(28)25(2)19(24)29)26(11-20-17)10-15(27)21-14-9-8-13(22-23-14)12-6-4-3-5-7-12/h3-10,13-15H,11-12H2,1-2H3;3-9,11H,10H2,1-2H3,(H,21,23,27). The first-order valence-corrected chi connectivity index (χ1v) is 18.5. The number of carbonyl (C=O) groups excluding carboxylic acids is 2. The van der Waals surface area contributed by atoms with Crippen LogP contribution in [-0.2, 0) is 43.1 Å². The summed E-state index contributed by atoms with van der Waals surface area (Å²) in [4.78, 5) is 75.0. The van der Waals surface area contributed by atoms with Gasteiger partial charge in [0.25, 0.3) is 5.56 Å². The monoisotopic (exact) mass is 786 g/mol. The molecule has 1 amide bonds. The SMILES string of the molecule is Cc1cc(-c2ncc(CC(=O)Cc3ccc(-c4cnccn4)cn3)cc2C)ccn1.Cn1c(=O)c2c(ncn2CC(=O)Nc2ccc(-c3ccccc3)nn2)n(C)c1=O. The molecule has 0 saturated carbocycles. The summed E-state index contributed by atoms with van der Waals surface area (Å²) in [6, 6.07) is 22.7. The molecule has 0 atom stereocenters. The molecule has 16 nitrogen and oxygen atoms in total. The van der Waals surface area contributed by atoms with Gasteiger partial charge in [0.15, 0.2) is 17.0 Å². The van der Waals surface area contributed by atoms with Gasteiger partial charge in [-0.3, -0.25) is 48.4 Å². The van der Waals surface area contributed by atoms with Crippen LogP contribution in [0, 0.1) is 13.8 Å². The molecule has 294 valence electrons. The maximum atomic E-state index is 12.5. The molecule has 0 aliphatic heterocycles. The number of hydrogen-bond acceptors (Lipinski definition) is 12. The number of amides is 1. The van der Waals surface area contributed by atoms with Crippen molar-refractivity contribution in [2.75, 3.05) is 5.32 Å². The van der Waals surface area contributed by atoms with Crippen LogP contribution < -0.4 is 16.6 Å². The molecule has 0 aliphatic rings. The van der Waals surface area contributed by atoms with Crippen molar-refractivity contribution in [3.05, 3.63) is 160 Å². The molecule has 0 saturated heterocycles. The zero-order chi connectivity index (χ0) is 41.5. The molecule has 1 aromatic carbocycles. The van der Waals surface area contributed by atoms with Gasteiger partial charge in [0.1, 0.15) is 12.3 Å². The summed E-state index contributed by atoms with van der Waals surface area (Å²) in [5.41, 5.74) is 8.23. The zero-order valence-electron chi connectivity index (χ0n) is 32.6. The van der Waals surface area contributed by atoms with Crippen LogP contribution in [0.5, 0.6) is 0 Å². The Bertz CT molecular complexity index is 2890. The Hall–Kier alpha value is -7.88. The van der Waals surface area contributed by atoms with Crippen LogP contribution in [0.4, 0.5) is 5.82 Å². The number of anilines is 1. The van der Waals surface area contributed by atoms with E-state index in [1.165, 1.54) is 29.6 Å². The van der Waals surface area contributed by atoms with Crippen molar-refractivity contribution in [1.82, 2.24) is 53.8 Å². The van der Waals surface area contributed by atoms with Crippen LogP contribution in [0.2, 0.25) is 0 Å². The summed E-state index contributed by atoms with van der Waals surface area (Å²) < 4.78 is 3.64. The van der Waals surface area contributed by atoms with E-state index in [2.05, 4.69) is 45.4 Å². The third-order valence-electron chi connectivity index (χ3n) is 9.30. The molecule has 16 heteroatoms. The fourth-order valence-corrected chi connectivity index (χ4v) is 6.36. The van der Waals surface area contributed by atoms with Crippen LogP contribution in [0.15, 0.2) is 126 Å². The fourth-order valence-electron chi connectivity index (χ4n) is 6.36. The summed E-state index contributed by atoms with van der Waals surface area (Å²) in [7, 11) is 2.90. The zero-order valence-corrected chi connectivity index (χ0v) is 32.6. The summed E-state index contributed by atoms with van der Waals surface area (Å²) in [6.45, 7) is 3.81. The highest BCUT2D eigenvalue weighted by Gasteiger charge is 2.17. The molecule has 0 unspecified atom stereocenters. The lowest BCUT2D eigenvalue weighted by atomic mass is 10.0. The molecule has 0 bridgehead atoms. The van der Waals surface area contributed by atoms with Crippen molar-refractivity contribution < 1.29 is 9.59 Å². The largest absolute Gasteiger partial charge is 0.332 e. The summed E-state index contributed by atoms with van der Waals surface area (Å²) in [5.74, 6) is -0.00942. The quantitative estimate of drug-likeness (QED) is 0.204. The second kappa shape index (κ2) is 17.5. The molecule has 0 fully saturated rings. The summed E-state index contributed by atoms with van der Waals surface area (Å²) >= 11 is 0. The Morgan fingerprint density at radius 3 is 2.22 bits per heavy atom. The number of nitrogens with zero attached hydrogens (tertiary/aromatic N) is 11. The minimum atomic E-state index is -0.514. The van der Waals surface area contributed by atoms with E-state index in [9.17, 15) is 19.2 Å². The first kappa shape index (κ1) is 39.4. The van der Waals surface area contributed by atoms with Gasteiger partial charge < -0.3 is 9.88 Å². The highest BCUT2D eigenvalue weighted by Crippen LogP contribution is 2.23. The molecule has 0 spiro atoms. The van der Waals surface area contributed by atoms with E-state index >= 15 is 0 Å². The van der Waals surface area contributed by atoms with Gasteiger partial charge in [-0.05, 0) is 61.4 Å². The molecule has 8 rings (SSSR count). The van der Waals surface area contributed by atoms with Crippen molar-refractivity contribution >= 4 is 28.7 Å². The van der Waals surface area contributed by atoms with Crippen LogP contribution in [0.1, 0.15) is 22.5 Å². The van der Waals surface area contributed by atoms with E-state index in [0.717, 1.165) is 55.2 Å². The fraction of sp³-hybridized carbons (Fsp3) is 0.163. The average molecular weight is 787 g/mol. The molecule has 8 aromatic rings. The minimum absolute atomic E-state index is 0.100. The van der Waals surface area contributed by atoms with Gasteiger partial charge in [-0.1, -0.05) is 36.4 Å². The van der Waals surface area contributed by atoms with Crippen molar-refractivity contribution in [2.24, 2.45) is 14.1 Å². The normalized spacial score (nSPS) is 10.8. The second-order valence-electron chi connectivity index (χ2n) is 13.7. The molecular formula is C43H38N12O4. The van der Waals surface area contributed by atoms with E-state index in [-0.39, 0.29) is 29.9 Å². The van der Waals surface area contributed by atoms with E-state index in [1.54, 1.807) is 49.3 Å². The van der Waals surface area contributed by atoms with Crippen molar-refractivity contribution in [2.45, 2.75) is 33.2 Å². The predicted molar refractivity (Wildman–Crippen MR) is 221 cm³/mol. The highest BCUT2D eigenvalue weighted by molar-refractivity contribution is 5.90. The Morgan fingerprint density at radius 2 is 1.53 bits per heavy atom. The van der Waals surface area contributed by atoms with E-state index in [4.69, 9.17) is 0 Å². The highest BCUT2D eigenvalue weighted by atomic mass is 16.2.